The molecule has 1 aromatic carbocycles. The van der Waals surface area contributed by atoms with Crippen LogP contribution in [0.25, 0.3) is 0 Å². The first-order valence-electron chi connectivity index (χ1n) is 4.86. The maximum Gasteiger partial charge on any atom is 0.293 e. The molecule has 16 heavy (non-hydrogen) atoms. The molecule has 0 aliphatic heterocycles. The summed E-state index contributed by atoms with van der Waals surface area (Å²) in [5.74, 6) is 0. The third-order valence-corrected chi connectivity index (χ3v) is 2.79. The van der Waals surface area contributed by atoms with Gasteiger partial charge in [0.15, 0.2) is 0 Å². The Labute approximate surface area is 107 Å². The molecule has 0 fully saturated rings. The molecule has 0 heterocycles. The Balaban J connectivity index is 2.90. The topological polar surface area (TPSA) is 75.4 Å². The van der Waals surface area contributed by atoms with Gasteiger partial charge in [-0.15, -0.1) is 0 Å². The van der Waals surface area contributed by atoms with Gasteiger partial charge in [-0.2, -0.15) is 0 Å². The van der Waals surface area contributed by atoms with Crippen molar-refractivity contribution in [2.24, 2.45) is 0 Å². The lowest BCUT2D eigenvalue weighted by Gasteiger charge is -2.13. The molecule has 0 aromatic heterocycles. The Kier molecular flexibility index (Phi) is 4.94. The number of aliphatic hydroxyl groups excluding tert-OH is 1. The van der Waals surface area contributed by atoms with Crippen molar-refractivity contribution < 1.29 is 10.0 Å². The standard InChI is InChI=1S/C10H13IN2O3/c1-7(4-5-14)12-9-3-2-8(11)6-10(9)13(15)16/h2-3,6-7,12,14H,4-5H2,1H3. The number of nitro groups is 1. The number of nitrogens with zero attached hydrogens (tertiary/aromatic N) is 1. The highest BCUT2D eigenvalue weighted by atomic mass is 127. The molecule has 1 unspecified atom stereocenters. The van der Waals surface area contributed by atoms with Crippen LogP contribution in [0.4, 0.5) is 11.4 Å². The molecule has 5 nitrogen and oxygen atoms in total. The molecule has 2 N–H and O–H groups in total. The Bertz CT molecular complexity index is 384. The van der Waals surface area contributed by atoms with Crippen LogP contribution in [0, 0.1) is 13.7 Å². The van der Waals surface area contributed by atoms with Gasteiger partial charge in [0, 0.05) is 22.3 Å². The first-order chi connectivity index (χ1) is 7.54. The van der Waals surface area contributed by atoms with Crippen molar-refractivity contribution in [3.8, 4) is 0 Å². The summed E-state index contributed by atoms with van der Waals surface area (Å²) in [7, 11) is 0. The summed E-state index contributed by atoms with van der Waals surface area (Å²) in [4.78, 5) is 10.4. The zero-order chi connectivity index (χ0) is 12.1. The van der Waals surface area contributed by atoms with E-state index < -0.39 is 4.92 Å². The van der Waals surface area contributed by atoms with Crippen LogP contribution in [0.2, 0.25) is 0 Å². The number of halogens is 1. The Morgan fingerprint density at radius 3 is 2.88 bits per heavy atom. The van der Waals surface area contributed by atoms with Crippen LogP contribution in [-0.4, -0.2) is 22.7 Å². The van der Waals surface area contributed by atoms with E-state index in [2.05, 4.69) is 5.32 Å². The van der Waals surface area contributed by atoms with Gasteiger partial charge in [-0.1, -0.05) is 0 Å². The van der Waals surface area contributed by atoms with Crippen LogP contribution in [0.3, 0.4) is 0 Å². The molecule has 1 rings (SSSR count). The minimum Gasteiger partial charge on any atom is -0.396 e. The molecule has 0 amide bonds. The van der Waals surface area contributed by atoms with E-state index in [0.29, 0.717) is 12.1 Å². The Morgan fingerprint density at radius 1 is 1.62 bits per heavy atom. The molecule has 88 valence electrons. The first kappa shape index (κ1) is 13.2. The lowest BCUT2D eigenvalue weighted by molar-refractivity contribution is -0.384. The number of nitro benzene ring substituents is 1. The van der Waals surface area contributed by atoms with E-state index in [9.17, 15) is 10.1 Å². The van der Waals surface area contributed by atoms with E-state index in [1.54, 1.807) is 6.07 Å². The van der Waals surface area contributed by atoms with Gasteiger partial charge >= 0.3 is 0 Å². The lowest BCUT2D eigenvalue weighted by atomic mass is 10.2. The maximum atomic E-state index is 10.8. The van der Waals surface area contributed by atoms with Crippen LogP contribution in [0.15, 0.2) is 18.2 Å². The van der Waals surface area contributed by atoms with Crippen LogP contribution < -0.4 is 5.32 Å². The van der Waals surface area contributed by atoms with Crippen molar-refractivity contribution in [1.82, 2.24) is 0 Å². The fourth-order valence-electron chi connectivity index (χ4n) is 1.31. The van der Waals surface area contributed by atoms with E-state index in [4.69, 9.17) is 5.11 Å². The van der Waals surface area contributed by atoms with E-state index in [1.165, 1.54) is 6.07 Å². The van der Waals surface area contributed by atoms with Crippen LogP contribution in [0.1, 0.15) is 13.3 Å². The fraction of sp³-hybridized carbons (Fsp3) is 0.400. The van der Waals surface area contributed by atoms with Gasteiger partial charge in [-0.25, -0.2) is 0 Å². The van der Waals surface area contributed by atoms with Crippen molar-refractivity contribution in [2.45, 2.75) is 19.4 Å². The van der Waals surface area contributed by atoms with Crippen LogP contribution >= 0.6 is 22.6 Å². The molecular weight excluding hydrogens is 323 g/mol. The SMILES string of the molecule is CC(CCO)Nc1ccc(I)cc1[N+](=O)[O-]. The highest BCUT2D eigenvalue weighted by molar-refractivity contribution is 14.1. The number of rotatable bonds is 5. The van der Waals surface area contributed by atoms with Crippen molar-refractivity contribution >= 4 is 34.0 Å². The van der Waals surface area contributed by atoms with E-state index in [0.717, 1.165) is 3.57 Å². The third kappa shape index (κ3) is 3.60. The number of hydrogen-bond acceptors (Lipinski definition) is 4. The van der Waals surface area contributed by atoms with Gasteiger partial charge in [0.1, 0.15) is 5.69 Å². The molecule has 1 aromatic rings. The van der Waals surface area contributed by atoms with Crippen molar-refractivity contribution in [2.75, 3.05) is 11.9 Å². The highest BCUT2D eigenvalue weighted by Gasteiger charge is 2.15. The number of aliphatic hydroxyl groups is 1. The lowest BCUT2D eigenvalue weighted by Crippen LogP contribution is -2.17. The predicted octanol–water partition coefficient (Wildman–Crippen LogP) is 2.38. The molecule has 0 saturated carbocycles. The summed E-state index contributed by atoms with van der Waals surface area (Å²) in [5.41, 5.74) is 0.558. The summed E-state index contributed by atoms with van der Waals surface area (Å²) in [6.07, 6.45) is 0.559. The monoisotopic (exact) mass is 336 g/mol. The smallest absolute Gasteiger partial charge is 0.293 e. The largest absolute Gasteiger partial charge is 0.396 e. The average molecular weight is 336 g/mol. The first-order valence-corrected chi connectivity index (χ1v) is 5.94. The molecule has 1 atom stereocenters. The second kappa shape index (κ2) is 6.00. The molecule has 0 aliphatic rings. The summed E-state index contributed by atoms with van der Waals surface area (Å²) >= 11 is 2.03. The summed E-state index contributed by atoms with van der Waals surface area (Å²) in [5, 5.41) is 22.6. The predicted molar refractivity (Wildman–Crippen MR) is 70.6 cm³/mol. The van der Waals surface area contributed by atoms with Gasteiger partial charge in [0.05, 0.1) is 4.92 Å². The number of nitrogens with one attached hydrogen (secondary N) is 1. The second-order valence-corrected chi connectivity index (χ2v) is 4.72. The molecule has 6 heteroatoms. The van der Waals surface area contributed by atoms with E-state index in [1.807, 2.05) is 35.6 Å². The summed E-state index contributed by atoms with van der Waals surface area (Å²) < 4.78 is 0.824. The van der Waals surface area contributed by atoms with Crippen molar-refractivity contribution in [3.05, 3.63) is 31.9 Å². The number of benzene rings is 1. The van der Waals surface area contributed by atoms with Gasteiger partial charge < -0.3 is 10.4 Å². The average Bonchev–Trinajstić information content (AvgIpc) is 2.20. The van der Waals surface area contributed by atoms with Gasteiger partial charge in [-0.05, 0) is 48.1 Å². The number of anilines is 1. The van der Waals surface area contributed by atoms with Crippen molar-refractivity contribution in [3.63, 3.8) is 0 Å². The van der Waals surface area contributed by atoms with Gasteiger partial charge in [-0.3, -0.25) is 10.1 Å². The normalized spacial score (nSPS) is 12.2. The van der Waals surface area contributed by atoms with Crippen LogP contribution in [-0.2, 0) is 0 Å². The summed E-state index contributed by atoms with van der Waals surface area (Å²) in [6, 6.07) is 5.02. The zero-order valence-corrected chi connectivity index (χ0v) is 11.0. The fourth-order valence-corrected chi connectivity index (χ4v) is 1.78. The molecule has 0 aliphatic carbocycles. The minimum absolute atomic E-state index is 0.00348. The quantitative estimate of drug-likeness (QED) is 0.492. The second-order valence-electron chi connectivity index (χ2n) is 3.48. The third-order valence-electron chi connectivity index (χ3n) is 2.12. The molecule has 0 bridgehead atoms. The maximum absolute atomic E-state index is 10.8. The highest BCUT2D eigenvalue weighted by Crippen LogP contribution is 2.27. The molecule has 0 radical (unpaired) electrons. The Morgan fingerprint density at radius 2 is 2.31 bits per heavy atom. The zero-order valence-electron chi connectivity index (χ0n) is 8.81. The van der Waals surface area contributed by atoms with E-state index in [-0.39, 0.29) is 18.3 Å². The molecule has 0 saturated heterocycles. The summed E-state index contributed by atoms with van der Waals surface area (Å²) in [6.45, 7) is 1.93. The van der Waals surface area contributed by atoms with E-state index >= 15 is 0 Å². The molecule has 0 spiro atoms. The number of hydrogen-bond donors (Lipinski definition) is 2. The van der Waals surface area contributed by atoms with Gasteiger partial charge in [0.25, 0.3) is 5.69 Å². The van der Waals surface area contributed by atoms with Gasteiger partial charge in [0.2, 0.25) is 0 Å². The Hall–Kier alpha value is -0.890. The van der Waals surface area contributed by atoms with Crippen LogP contribution in [0.5, 0.6) is 0 Å². The minimum atomic E-state index is -0.407. The molecular formula is C10H13IN2O3. The van der Waals surface area contributed by atoms with Crippen molar-refractivity contribution in [1.29, 1.82) is 0 Å².